The van der Waals surface area contributed by atoms with Gasteiger partial charge in [-0.05, 0) is 86.7 Å². The molecule has 4 rings (SSSR count). The molecule has 0 saturated carbocycles. The molecule has 0 saturated heterocycles. The predicted octanol–water partition coefficient (Wildman–Crippen LogP) is 5.31. The highest BCUT2D eigenvalue weighted by atomic mass is 79.9. The lowest BCUT2D eigenvalue weighted by Gasteiger charge is -2.28. The summed E-state index contributed by atoms with van der Waals surface area (Å²) in [5.41, 5.74) is 5.70. The summed E-state index contributed by atoms with van der Waals surface area (Å²) < 4.78 is 23.9. The van der Waals surface area contributed by atoms with Crippen molar-refractivity contribution < 1.29 is 33.6 Å². The number of hydrogen-bond acceptors (Lipinski definition) is 9. The molecule has 232 valence electrons. The fourth-order valence-electron chi connectivity index (χ4n) is 4.34. The summed E-state index contributed by atoms with van der Waals surface area (Å²) in [6, 6.07) is 17.4. The zero-order valence-electron chi connectivity index (χ0n) is 24.2. The fraction of sp³-hybridized carbons (Fsp3) is 0.258. The number of rotatable bonds is 13. The van der Waals surface area contributed by atoms with E-state index in [1.807, 2.05) is 49.4 Å². The quantitative estimate of drug-likeness (QED) is 0.0803. The smallest absolute Gasteiger partial charge is 0.337 e. The number of aliphatic hydroxyl groups excluding tert-OH is 1. The number of carbonyl (C=O) groups is 2. The maximum Gasteiger partial charge on any atom is 0.337 e. The molecule has 1 aliphatic heterocycles. The van der Waals surface area contributed by atoms with E-state index in [9.17, 15) is 14.7 Å². The number of nitrogens with zero attached hydrogens (tertiary/aromatic N) is 1. The van der Waals surface area contributed by atoms with Gasteiger partial charge >= 0.3 is 12.0 Å². The molecule has 13 heteroatoms. The monoisotopic (exact) mass is 730 g/mol. The van der Waals surface area contributed by atoms with Crippen molar-refractivity contribution in [2.45, 2.75) is 32.7 Å². The second kappa shape index (κ2) is 15.6. The van der Waals surface area contributed by atoms with Crippen molar-refractivity contribution in [3.05, 3.63) is 97.6 Å². The van der Waals surface area contributed by atoms with Crippen LogP contribution in [-0.4, -0.2) is 49.9 Å². The van der Waals surface area contributed by atoms with Crippen LogP contribution in [0.1, 0.15) is 36.6 Å². The summed E-state index contributed by atoms with van der Waals surface area (Å²) in [6.45, 7) is 4.06. The Kier molecular flexibility index (Phi) is 11.6. The number of hydrazone groups is 1. The van der Waals surface area contributed by atoms with Crippen molar-refractivity contribution in [1.82, 2.24) is 16.1 Å². The lowest BCUT2D eigenvalue weighted by Crippen LogP contribution is -2.45. The Balaban J connectivity index is 1.37. The number of methoxy groups -OCH3 is 1. The number of ether oxygens (including phenoxy) is 4. The second-order valence-corrected chi connectivity index (χ2v) is 11.2. The first-order valence-electron chi connectivity index (χ1n) is 13.6. The Morgan fingerprint density at radius 2 is 1.80 bits per heavy atom. The number of urea groups is 1. The van der Waals surface area contributed by atoms with Crippen LogP contribution in [0, 0.1) is 0 Å². The van der Waals surface area contributed by atoms with Gasteiger partial charge in [0.1, 0.15) is 19.0 Å². The Bertz CT molecular complexity index is 1530. The Hall–Kier alpha value is -4.07. The molecule has 0 spiro atoms. The lowest BCUT2D eigenvalue weighted by molar-refractivity contribution is -0.136. The minimum atomic E-state index is -1.14. The summed E-state index contributed by atoms with van der Waals surface area (Å²) in [6.07, 6.45) is 0.419. The Morgan fingerprint density at radius 1 is 1.07 bits per heavy atom. The van der Waals surface area contributed by atoms with Crippen molar-refractivity contribution in [3.63, 3.8) is 0 Å². The Morgan fingerprint density at radius 3 is 2.48 bits per heavy atom. The molecule has 44 heavy (non-hydrogen) atoms. The first kappa shape index (κ1) is 32.8. The van der Waals surface area contributed by atoms with E-state index in [1.54, 1.807) is 31.3 Å². The third kappa shape index (κ3) is 8.52. The number of halogens is 2. The first-order valence-corrected chi connectivity index (χ1v) is 15.2. The fourth-order valence-corrected chi connectivity index (χ4v) is 5.79. The van der Waals surface area contributed by atoms with Crippen LogP contribution >= 0.6 is 31.9 Å². The second-order valence-electron chi connectivity index (χ2n) is 9.50. The largest absolute Gasteiger partial charge is 0.490 e. The molecule has 0 aliphatic carbocycles. The van der Waals surface area contributed by atoms with Crippen molar-refractivity contribution in [2.24, 2.45) is 5.10 Å². The molecule has 0 bridgehead atoms. The van der Waals surface area contributed by atoms with E-state index in [4.69, 9.17) is 18.9 Å². The maximum absolute atomic E-state index is 12.4. The van der Waals surface area contributed by atoms with Gasteiger partial charge in [0.05, 0.1) is 40.5 Å². The number of esters is 1. The number of benzene rings is 3. The predicted molar refractivity (Wildman–Crippen MR) is 172 cm³/mol. The standard InChI is InChI=1S/C31H32Br2N4O7/c1-4-42-25-14-21(28-27(30(39)41-3)18(2)35-31(40)36-28)10-11-24(25)43-17-26(38)37-34-15-20-12-22(32)29(23(33)13-20)44-16-19-8-6-5-7-9-19/h5-15,26,28,37-38H,4,16-17H2,1-3H3,(H2,35,36,40)/b34-15-/t26-,28+/m1/s1. The summed E-state index contributed by atoms with van der Waals surface area (Å²) >= 11 is 7.09. The van der Waals surface area contributed by atoms with Gasteiger partial charge in [0, 0.05) is 5.70 Å². The third-order valence-electron chi connectivity index (χ3n) is 6.36. The van der Waals surface area contributed by atoms with E-state index in [1.165, 1.54) is 7.11 Å². The molecule has 0 unspecified atom stereocenters. The molecule has 11 nitrogen and oxygen atoms in total. The van der Waals surface area contributed by atoms with Gasteiger partial charge in [-0.3, -0.25) is 5.43 Å². The van der Waals surface area contributed by atoms with E-state index in [-0.39, 0.29) is 12.2 Å². The van der Waals surface area contributed by atoms with Crippen LogP contribution in [0.4, 0.5) is 4.79 Å². The van der Waals surface area contributed by atoms with Crippen LogP contribution in [0.3, 0.4) is 0 Å². The summed E-state index contributed by atoms with van der Waals surface area (Å²) in [5, 5.41) is 19.9. The minimum Gasteiger partial charge on any atom is -0.490 e. The van der Waals surface area contributed by atoms with E-state index in [0.29, 0.717) is 41.7 Å². The van der Waals surface area contributed by atoms with Gasteiger partial charge in [-0.1, -0.05) is 36.4 Å². The molecule has 2 amide bonds. The number of nitrogens with one attached hydrogen (secondary N) is 3. The molecule has 4 N–H and O–H groups in total. The number of carbonyl (C=O) groups excluding carboxylic acids is 2. The van der Waals surface area contributed by atoms with E-state index in [2.05, 4.69) is 53.0 Å². The van der Waals surface area contributed by atoms with Crippen LogP contribution in [0.15, 0.2) is 86.0 Å². The average Bonchev–Trinajstić information content (AvgIpc) is 3.00. The molecule has 1 aliphatic rings. The first-order chi connectivity index (χ1) is 21.2. The summed E-state index contributed by atoms with van der Waals surface area (Å²) in [7, 11) is 1.28. The summed E-state index contributed by atoms with van der Waals surface area (Å²) in [5.74, 6) is 0.832. The highest BCUT2D eigenvalue weighted by molar-refractivity contribution is 9.11. The molecule has 3 aromatic rings. The number of hydrogen-bond donors (Lipinski definition) is 4. The normalized spacial score (nSPS) is 15.3. The van der Waals surface area contributed by atoms with Crippen molar-refractivity contribution in [2.75, 3.05) is 20.3 Å². The highest BCUT2D eigenvalue weighted by Gasteiger charge is 2.32. The van der Waals surface area contributed by atoms with Crippen LogP contribution < -0.4 is 30.3 Å². The third-order valence-corrected chi connectivity index (χ3v) is 7.53. The molecule has 0 aromatic heterocycles. The topological polar surface area (TPSA) is 140 Å². The number of amides is 2. The van der Waals surface area contributed by atoms with Gasteiger partial charge < -0.3 is 34.7 Å². The van der Waals surface area contributed by atoms with Crippen LogP contribution in [0.25, 0.3) is 0 Å². The molecular formula is C31H32Br2N4O7. The van der Waals surface area contributed by atoms with Crippen LogP contribution in [0.2, 0.25) is 0 Å². The van der Waals surface area contributed by atoms with E-state index < -0.39 is 24.3 Å². The van der Waals surface area contributed by atoms with Crippen molar-refractivity contribution >= 4 is 50.1 Å². The number of aliphatic hydroxyl groups is 1. The van der Waals surface area contributed by atoms with Gasteiger partial charge in [-0.25, -0.2) is 9.59 Å². The molecule has 2 atom stereocenters. The molecule has 1 heterocycles. The van der Waals surface area contributed by atoms with Gasteiger partial charge in [-0.15, -0.1) is 0 Å². The van der Waals surface area contributed by atoms with Crippen LogP contribution in [-0.2, 0) is 16.1 Å². The van der Waals surface area contributed by atoms with Gasteiger partial charge in [0.15, 0.2) is 17.7 Å². The zero-order valence-corrected chi connectivity index (χ0v) is 27.4. The van der Waals surface area contributed by atoms with E-state index >= 15 is 0 Å². The maximum atomic E-state index is 12.4. The van der Waals surface area contributed by atoms with Gasteiger partial charge in [0.25, 0.3) is 0 Å². The average molecular weight is 732 g/mol. The lowest BCUT2D eigenvalue weighted by atomic mass is 9.95. The van der Waals surface area contributed by atoms with Crippen molar-refractivity contribution in [3.8, 4) is 17.2 Å². The van der Waals surface area contributed by atoms with E-state index in [0.717, 1.165) is 20.1 Å². The molecule has 0 fully saturated rings. The Labute approximate surface area is 271 Å². The molecular weight excluding hydrogens is 700 g/mol. The van der Waals surface area contributed by atoms with Crippen molar-refractivity contribution in [1.29, 1.82) is 0 Å². The highest BCUT2D eigenvalue weighted by Crippen LogP contribution is 2.36. The van der Waals surface area contributed by atoms with Gasteiger partial charge in [0.2, 0.25) is 0 Å². The zero-order chi connectivity index (χ0) is 31.6. The number of allylic oxidation sites excluding steroid dienone is 1. The minimum absolute atomic E-state index is 0.146. The molecule has 3 aromatic carbocycles. The summed E-state index contributed by atoms with van der Waals surface area (Å²) in [4.78, 5) is 24.6. The van der Waals surface area contributed by atoms with Gasteiger partial charge in [-0.2, -0.15) is 5.10 Å². The molecule has 0 radical (unpaired) electrons. The SMILES string of the molecule is CCOc1cc([C@@H]2NC(=O)NC(C)=C2C(=O)OC)ccc1OC[C@@H](O)N/N=C\c1cc(Br)c(OCc2ccccc2)c(Br)c1. The van der Waals surface area contributed by atoms with Crippen LogP contribution in [0.5, 0.6) is 17.2 Å².